The summed E-state index contributed by atoms with van der Waals surface area (Å²) in [6.45, 7) is 2.89. The molecular formula is C16H25BrN2O. The topological polar surface area (TPSA) is 34.1 Å². The molecule has 4 heteroatoms. The fourth-order valence-electron chi connectivity index (χ4n) is 3.39. The predicted molar refractivity (Wildman–Crippen MR) is 85.9 cm³/mol. The van der Waals surface area contributed by atoms with Gasteiger partial charge in [0.25, 0.3) is 0 Å². The van der Waals surface area contributed by atoms with Crippen molar-refractivity contribution in [2.75, 3.05) is 13.7 Å². The number of nitrogens with zero attached hydrogens (tertiary/aromatic N) is 1. The summed E-state index contributed by atoms with van der Waals surface area (Å²) in [5, 5.41) is 3.50. The number of hydrogen-bond donors (Lipinski definition) is 1. The number of ether oxygens (including phenoxy) is 1. The lowest BCUT2D eigenvalue weighted by Crippen LogP contribution is -2.53. The standard InChI is InChI=1S/C16H25BrN2O/c1-3-20-16(7-5-4-6-8-16)15(18-2)10-13-9-14(17)12-19-11-13/h9,11-12,15,18H,3-8,10H2,1-2H3. The number of nitrogens with one attached hydrogen (secondary N) is 1. The van der Waals surface area contributed by atoms with Crippen LogP contribution in [0.3, 0.4) is 0 Å². The van der Waals surface area contributed by atoms with Gasteiger partial charge in [-0.15, -0.1) is 0 Å². The minimum atomic E-state index is -0.00985. The fraction of sp³-hybridized carbons (Fsp3) is 0.688. The molecule has 0 bridgehead atoms. The largest absolute Gasteiger partial charge is 0.374 e. The van der Waals surface area contributed by atoms with Crippen LogP contribution in [0, 0.1) is 0 Å². The molecule has 112 valence electrons. The Morgan fingerprint density at radius 2 is 2.10 bits per heavy atom. The lowest BCUT2D eigenvalue weighted by molar-refractivity contribution is -0.0883. The summed E-state index contributed by atoms with van der Waals surface area (Å²) >= 11 is 3.50. The summed E-state index contributed by atoms with van der Waals surface area (Å²) in [4.78, 5) is 4.27. The van der Waals surface area contributed by atoms with E-state index in [1.165, 1.54) is 24.8 Å². The van der Waals surface area contributed by atoms with Crippen LogP contribution in [0.1, 0.15) is 44.6 Å². The van der Waals surface area contributed by atoms with E-state index < -0.39 is 0 Å². The van der Waals surface area contributed by atoms with Crippen molar-refractivity contribution in [1.82, 2.24) is 10.3 Å². The summed E-state index contributed by atoms with van der Waals surface area (Å²) in [6, 6.07) is 2.50. The lowest BCUT2D eigenvalue weighted by atomic mass is 9.77. The van der Waals surface area contributed by atoms with Crippen molar-refractivity contribution in [1.29, 1.82) is 0 Å². The summed E-state index contributed by atoms with van der Waals surface area (Å²) in [5.74, 6) is 0. The molecule has 1 fully saturated rings. The Hall–Kier alpha value is -0.450. The van der Waals surface area contributed by atoms with Crippen LogP contribution in [0.2, 0.25) is 0 Å². The van der Waals surface area contributed by atoms with Gasteiger partial charge in [-0.3, -0.25) is 4.98 Å². The maximum Gasteiger partial charge on any atom is 0.0837 e. The van der Waals surface area contributed by atoms with Crippen LogP contribution in [0.4, 0.5) is 0 Å². The van der Waals surface area contributed by atoms with Crippen LogP contribution >= 0.6 is 15.9 Å². The Morgan fingerprint density at radius 1 is 1.35 bits per heavy atom. The highest BCUT2D eigenvalue weighted by Gasteiger charge is 2.39. The van der Waals surface area contributed by atoms with Crippen molar-refractivity contribution < 1.29 is 4.74 Å². The molecular weight excluding hydrogens is 316 g/mol. The van der Waals surface area contributed by atoms with Gasteiger partial charge in [-0.25, -0.2) is 0 Å². The number of likely N-dealkylation sites (N-methyl/N-ethyl adjacent to an activating group) is 1. The van der Waals surface area contributed by atoms with Crippen molar-refractivity contribution in [2.24, 2.45) is 0 Å². The van der Waals surface area contributed by atoms with Crippen LogP contribution in [-0.4, -0.2) is 30.3 Å². The number of pyridine rings is 1. The first-order valence-electron chi connectivity index (χ1n) is 7.61. The second kappa shape index (κ2) is 7.53. The first-order valence-corrected chi connectivity index (χ1v) is 8.40. The normalized spacial score (nSPS) is 19.8. The van der Waals surface area contributed by atoms with Gasteiger partial charge < -0.3 is 10.1 Å². The number of hydrogen-bond acceptors (Lipinski definition) is 3. The molecule has 1 N–H and O–H groups in total. The Morgan fingerprint density at radius 3 is 2.70 bits per heavy atom. The Bertz CT molecular complexity index is 413. The summed E-state index contributed by atoms with van der Waals surface area (Å²) in [6.07, 6.45) is 11.0. The first-order chi connectivity index (χ1) is 9.70. The predicted octanol–water partition coefficient (Wildman–Crippen LogP) is 3.71. The fourth-order valence-corrected chi connectivity index (χ4v) is 3.80. The molecule has 0 spiro atoms. The smallest absolute Gasteiger partial charge is 0.0837 e. The molecule has 1 saturated carbocycles. The molecule has 0 aliphatic heterocycles. The van der Waals surface area contributed by atoms with Crippen LogP contribution in [0.25, 0.3) is 0 Å². The molecule has 1 atom stereocenters. The minimum Gasteiger partial charge on any atom is -0.374 e. The molecule has 0 saturated heterocycles. The molecule has 1 heterocycles. The van der Waals surface area contributed by atoms with Gasteiger partial charge in [0.1, 0.15) is 0 Å². The van der Waals surface area contributed by atoms with Gasteiger partial charge in [0.2, 0.25) is 0 Å². The van der Waals surface area contributed by atoms with E-state index in [9.17, 15) is 0 Å². The Labute approximate surface area is 130 Å². The Balaban J connectivity index is 2.15. The zero-order valence-electron chi connectivity index (χ0n) is 12.5. The summed E-state index contributed by atoms with van der Waals surface area (Å²) in [5.41, 5.74) is 1.24. The number of halogens is 1. The maximum absolute atomic E-state index is 6.23. The second-order valence-corrected chi connectivity index (χ2v) is 6.53. The quantitative estimate of drug-likeness (QED) is 0.856. The van der Waals surface area contributed by atoms with Gasteiger partial charge in [-0.1, -0.05) is 19.3 Å². The van der Waals surface area contributed by atoms with E-state index in [1.807, 2.05) is 19.4 Å². The van der Waals surface area contributed by atoms with E-state index in [2.05, 4.69) is 39.2 Å². The van der Waals surface area contributed by atoms with Crippen LogP contribution in [-0.2, 0) is 11.2 Å². The van der Waals surface area contributed by atoms with Crippen molar-refractivity contribution >= 4 is 15.9 Å². The molecule has 1 aromatic rings. The monoisotopic (exact) mass is 340 g/mol. The summed E-state index contributed by atoms with van der Waals surface area (Å²) < 4.78 is 7.27. The van der Waals surface area contributed by atoms with Gasteiger partial charge in [-0.2, -0.15) is 0 Å². The van der Waals surface area contributed by atoms with Gasteiger partial charge in [0, 0.05) is 29.5 Å². The average Bonchev–Trinajstić information content (AvgIpc) is 2.46. The molecule has 2 rings (SSSR count). The van der Waals surface area contributed by atoms with E-state index in [0.717, 1.165) is 30.3 Å². The van der Waals surface area contributed by atoms with Crippen LogP contribution in [0.5, 0.6) is 0 Å². The van der Waals surface area contributed by atoms with E-state index in [4.69, 9.17) is 4.74 Å². The van der Waals surface area contributed by atoms with Gasteiger partial charge >= 0.3 is 0 Å². The van der Waals surface area contributed by atoms with Crippen LogP contribution < -0.4 is 5.32 Å². The second-order valence-electron chi connectivity index (χ2n) is 5.62. The molecule has 1 aromatic heterocycles. The van der Waals surface area contributed by atoms with Gasteiger partial charge in [0.05, 0.1) is 5.60 Å². The molecule has 0 aromatic carbocycles. The van der Waals surface area contributed by atoms with Crippen molar-refractivity contribution in [3.8, 4) is 0 Å². The zero-order valence-corrected chi connectivity index (χ0v) is 14.1. The minimum absolute atomic E-state index is 0.00985. The third-order valence-corrected chi connectivity index (χ3v) is 4.75. The maximum atomic E-state index is 6.23. The van der Waals surface area contributed by atoms with Gasteiger partial charge in [0.15, 0.2) is 0 Å². The molecule has 20 heavy (non-hydrogen) atoms. The molecule has 3 nitrogen and oxygen atoms in total. The number of rotatable bonds is 6. The van der Waals surface area contributed by atoms with Crippen molar-refractivity contribution in [3.63, 3.8) is 0 Å². The van der Waals surface area contributed by atoms with E-state index >= 15 is 0 Å². The zero-order chi connectivity index (χ0) is 14.4. The third-order valence-electron chi connectivity index (χ3n) is 4.32. The first kappa shape index (κ1) is 15.9. The third kappa shape index (κ3) is 3.80. The molecule has 1 aliphatic rings. The highest BCUT2D eigenvalue weighted by Crippen LogP contribution is 2.35. The summed E-state index contributed by atoms with van der Waals surface area (Å²) in [7, 11) is 2.05. The highest BCUT2D eigenvalue weighted by atomic mass is 79.9. The molecule has 0 radical (unpaired) electrons. The molecule has 1 unspecified atom stereocenters. The number of aromatic nitrogens is 1. The molecule has 0 amide bonds. The lowest BCUT2D eigenvalue weighted by Gasteiger charge is -2.43. The highest BCUT2D eigenvalue weighted by molar-refractivity contribution is 9.10. The van der Waals surface area contributed by atoms with Crippen molar-refractivity contribution in [2.45, 2.75) is 57.1 Å². The van der Waals surface area contributed by atoms with Gasteiger partial charge in [-0.05, 0) is 60.8 Å². The average molecular weight is 341 g/mol. The van der Waals surface area contributed by atoms with E-state index in [1.54, 1.807) is 0 Å². The van der Waals surface area contributed by atoms with Crippen LogP contribution in [0.15, 0.2) is 22.9 Å². The van der Waals surface area contributed by atoms with E-state index in [-0.39, 0.29) is 5.60 Å². The van der Waals surface area contributed by atoms with Crippen molar-refractivity contribution in [3.05, 3.63) is 28.5 Å². The van der Waals surface area contributed by atoms with E-state index in [0.29, 0.717) is 6.04 Å². The SMILES string of the molecule is CCOC1(C(Cc2cncc(Br)c2)NC)CCCCC1. The molecule has 1 aliphatic carbocycles. The Kier molecular flexibility index (Phi) is 6.00.